The van der Waals surface area contributed by atoms with E-state index in [1.165, 1.54) is 0 Å². The van der Waals surface area contributed by atoms with Crippen LogP contribution in [0.4, 0.5) is 0 Å². The average molecular weight is 355 g/mol. The van der Waals surface area contributed by atoms with Gasteiger partial charge in [-0.15, -0.1) is 0 Å². The maximum absolute atomic E-state index is 10.9. The fourth-order valence-corrected chi connectivity index (χ4v) is 2.64. The van der Waals surface area contributed by atoms with Crippen LogP contribution in [0.25, 0.3) is 11.3 Å². The number of aromatic carboxylic acids is 1. The molecular formula is C19H15ClN2O3. The van der Waals surface area contributed by atoms with E-state index >= 15 is 0 Å². The van der Waals surface area contributed by atoms with Crippen molar-refractivity contribution in [3.8, 4) is 17.1 Å². The van der Waals surface area contributed by atoms with Crippen LogP contribution in [0, 0.1) is 0 Å². The summed E-state index contributed by atoms with van der Waals surface area (Å²) >= 11 is 6.06. The number of benzene rings is 2. The van der Waals surface area contributed by atoms with Crippen LogP contribution in [0.15, 0.2) is 54.7 Å². The van der Waals surface area contributed by atoms with Crippen LogP contribution in [-0.2, 0) is 6.42 Å². The van der Waals surface area contributed by atoms with E-state index in [-0.39, 0.29) is 5.56 Å². The van der Waals surface area contributed by atoms with Crippen LogP contribution in [0.3, 0.4) is 0 Å². The van der Waals surface area contributed by atoms with Crippen molar-refractivity contribution in [2.24, 2.45) is 0 Å². The fraction of sp³-hybridized carbons (Fsp3) is 0.105. The number of halogens is 1. The molecule has 1 heterocycles. The number of carboxylic acids is 1. The lowest BCUT2D eigenvalue weighted by molar-refractivity contribution is 0.0697. The lowest BCUT2D eigenvalue weighted by Gasteiger charge is -2.09. The number of carbonyl (C=O) groups is 1. The summed E-state index contributed by atoms with van der Waals surface area (Å²) in [7, 11) is 1.54. The Morgan fingerprint density at radius 2 is 1.96 bits per heavy atom. The molecule has 0 amide bonds. The number of hydrogen-bond acceptors (Lipinski definition) is 4. The first-order valence-corrected chi connectivity index (χ1v) is 7.92. The van der Waals surface area contributed by atoms with Crippen LogP contribution >= 0.6 is 11.6 Å². The van der Waals surface area contributed by atoms with Crippen molar-refractivity contribution >= 4 is 17.6 Å². The number of hydrogen-bond donors (Lipinski definition) is 1. The van der Waals surface area contributed by atoms with Gasteiger partial charge in [0, 0.05) is 17.0 Å². The normalized spacial score (nSPS) is 10.5. The first-order valence-electron chi connectivity index (χ1n) is 7.55. The smallest absolute Gasteiger partial charge is 0.335 e. The van der Waals surface area contributed by atoms with Gasteiger partial charge in [-0.1, -0.05) is 35.9 Å². The lowest BCUT2D eigenvalue weighted by Crippen LogP contribution is -2.01. The third-order valence-electron chi connectivity index (χ3n) is 3.67. The number of methoxy groups -OCH3 is 1. The minimum Gasteiger partial charge on any atom is -0.479 e. The molecular weight excluding hydrogens is 340 g/mol. The molecule has 3 aromatic rings. The van der Waals surface area contributed by atoms with Gasteiger partial charge in [-0.2, -0.15) is 0 Å². The van der Waals surface area contributed by atoms with Crippen LogP contribution < -0.4 is 4.74 Å². The number of rotatable bonds is 5. The van der Waals surface area contributed by atoms with Crippen LogP contribution in [0.1, 0.15) is 21.6 Å². The van der Waals surface area contributed by atoms with Crippen LogP contribution in [-0.4, -0.2) is 28.2 Å². The van der Waals surface area contributed by atoms with Gasteiger partial charge in [0.15, 0.2) is 0 Å². The molecule has 0 fully saturated rings. The summed E-state index contributed by atoms with van der Waals surface area (Å²) in [6.07, 6.45) is 2.18. The Balaban J connectivity index is 1.92. The topological polar surface area (TPSA) is 72.3 Å². The SMILES string of the molecule is COc1ncc(Cc2ccc(C(=O)O)cc2)nc1-c1cccc(Cl)c1. The molecule has 0 aliphatic carbocycles. The average Bonchev–Trinajstić information content (AvgIpc) is 2.62. The van der Waals surface area contributed by atoms with Gasteiger partial charge in [-0.25, -0.2) is 14.8 Å². The summed E-state index contributed by atoms with van der Waals surface area (Å²) in [5, 5.41) is 9.57. The van der Waals surface area contributed by atoms with Gasteiger partial charge >= 0.3 is 5.97 Å². The van der Waals surface area contributed by atoms with Crippen molar-refractivity contribution in [3.05, 3.63) is 76.6 Å². The summed E-state index contributed by atoms with van der Waals surface area (Å²) in [6, 6.07) is 14.0. The maximum atomic E-state index is 10.9. The molecule has 5 nitrogen and oxygen atoms in total. The van der Waals surface area contributed by atoms with E-state index in [9.17, 15) is 4.79 Å². The van der Waals surface area contributed by atoms with Crippen LogP contribution in [0.5, 0.6) is 5.88 Å². The molecule has 6 heteroatoms. The highest BCUT2D eigenvalue weighted by Crippen LogP contribution is 2.28. The van der Waals surface area contributed by atoms with E-state index in [1.807, 2.05) is 12.1 Å². The van der Waals surface area contributed by atoms with E-state index in [0.29, 0.717) is 23.0 Å². The fourth-order valence-electron chi connectivity index (χ4n) is 2.45. The largest absolute Gasteiger partial charge is 0.479 e. The van der Waals surface area contributed by atoms with Crippen LogP contribution in [0.2, 0.25) is 5.02 Å². The van der Waals surface area contributed by atoms with Gasteiger partial charge in [-0.3, -0.25) is 0 Å². The first-order chi connectivity index (χ1) is 12.1. The monoisotopic (exact) mass is 354 g/mol. The molecule has 2 aromatic carbocycles. The molecule has 0 radical (unpaired) electrons. The summed E-state index contributed by atoms with van der Waals surface area (Å²) in [5.41, 5.74) is 3.38. The number of nitrogens with zero attached hydrogens (tertiary/aromatic N) is 2. The summed E-state index contributed by atoms with van der Waals surface area (Å²) in [6.45, 7) is 0. The second-order valence-electron chi connectivity index (χ2n) is 5.41. The molecule has 0 unspecified atom stereocenters. The molecule has 0 spiro atoms. The molecule has 126 valence electrons. The van der Waals surface area contributed by atoms with Gasteiger partial charge in [0.25, 0.3) is 0 Å². The molecule has 25 heavy (non-hydrogen) atoms. The van der Waals surface area contributed by atoms with Gasteiger partial charge < -0.3 is 9.84 Å². The molecule has 0 bridgehead atoms. The number of ether oxygens (including phenoxy) is 1. The Labute approximate surface area is 149 Å². The highest BCUT2D eigenvalue weighted by molar-refractivity contribution is 6.30. The Bertz CT molecular complexity index is 911. The molecule has 0 saturated heterocycles. The van der Waals surface area contributed by atoms with Crippen molar-refractivity contribution in [3.63, 3.8) is 0 Å². The van der Waals surface area contributed by atoms with E-state index < -0.39 is 5.97 Å². The Morgan fingerprint density at radius 3 is 2.60 bits per heavy atom. The minimum atomic E-state index is -0.945. The predicted octanol–water partition coefficient (Wildman–Crippen LogP) is 4.09. The predicted molar refractivity (Wildman–Crippen MR) is 95.2 cm³/mol. The molecule has 3 rings (SSSR count). The van der Waals surface area contributed by atoms with E-state index in [2.05, 4.69) is 9.97 Å². The van der Waals surface area contributed by atoms with Crippen molar-refractivity contribution in [2.45, 2.75) is 6.42 Å². The molecule has 0 aliphatic heterocycles. The Morgan fingerprint density at radius 1 is 1.20 bits per heavy atom. The van der Waals surface area contributed by atoms with Crippen molar-refractivity contribution in [2.75, 3.05) is 7.11 Å². The zero-order valence-electron chi connectivity index (χ0n) is 13.4. The Kier molecular flexibility index (Phi) is 4.95. The van der Waals surface area contributed by atoms with Crippen molar-refractivity contribution < 1.29 is 14.6 Å². The minimum absolute atomic E-state index is 0.254. The lowest BCUT2D eigenvalue weighted by atomic mass is 10.1. The second kappa shape index (κ2) is 7.32. The standard InChI is InChI=1S/C19H15ClN2O3/c1-25-18-17(14-3-2-4-15(20)10-14)22-16(11-21-18)9-12-5-7-13(8-6-12)19(23)24/h2-8,10-11H,9H2,1H3,(H,23,24). The summed E-state index contributed by atoms with van der Waals surface area (Å²) in [4.78, 5) is 19.9. The highest BCUT2D eigenvalue weighted by Gasteiger charge is 2.12. The van der Waals surface area contributed by atoms with Gasteiger partial charge in [-0.05, 0) is 29.8 Å². The van der Waals surface area contributed by atoms with E-state index in [1.54, 1.807) is 49.7 Å². The number of carboxylic acid groups (broad SMARTS) is 1. The molecule has 0 atom stereocenters. The van der Waals surface area contributed by atoms with Gasteiger partial charge in [0.2, 0.25) is 5.88 Å². The second-order valence-corrected chi connectivity index (χ2v) is 5.84. The zero-order chi connectivity index (χ0) is 17.8. The van der Waals surface area contributed by atoms with E-state index in [4.69, 9.17) is 21.4 Å². The Hall–Kier alpha value is -2.92. The molecule has 0 saturated carbocycles. The van der Waals surface area contributed by atoms with E-state index in [0.717, 1.165) is 16.8 Å². The third kappa shape index (κ3) is 3.95. The quantitative estimate of drug-likeness (QED) is 0.747. The summed E-state index contributed by atoms with van der Waals surface area (Å²) < 4.78 is 5.30. The molecule has 0 aliphatic rings. The third-order valence-corrected chi connectivity index (χ3v) is 3.90. The van der Waals surface area contributed by atoms with Gasteiger partial charge in [0.05, 0.1) is 24.6 Å². The molecule has 1 N–H and O–H groups in total. The van der Waals surface area contributed by atoms with Crippen molar-refractivity contribution in [1.29, 1.82) is 0 Å². The molecule has 1 aromatic heterocycles. The number of aromatic nitrogens is 2. The zero-order valence-corrected chi connectivity index (χ0v) is 14.2. The van der Waals surface area contributed by atoms with Crippen molar-refractivity contribution in [1.82, 2.24) is 9.97 Å². The first kappa shape index (κ1) is 16.9. The highest BCUT2D eigenvalue weighted by atomic mass is 35.5. The summed E-state index contributed by atoms with van der Waals surface area (Å²) in [5.74, 6) is -0.522. The van der Waals surface area contributed by atoms with Gasteiger partial charge in [0.1, 0.15) is 5.69 Å². The maximum Gasteiger partial charge on any atom is 0.335 e.